The van der Waals surface area contributed by atoms with Crippen molar-refractivity contribution in [3.05, 3.63) is 17.5 Å². The Morgan fingerprint density at radius 1 is 1.50 bits per heavy atom. The van der Waals surface area contributed by atoms with Crippen LogP contribution in [0, 0.1) is 6.92 Å². The molecule has 2 rings (SSSR count). The van der Waals surface area contributed by atoms with Crippen molar-refractivity contribution < 1.29 is 4.79 Å². The topological polar surface area (TPSA) is 50.2 Å². The predicted molar refractivity (Wildman–Crippen MR) is 73.2 cm³/mol. The third kappa shape index (κ3) is 2.67. The molecule has 0 aromatic carbocycles. The van der Waals surface area contributed by atoms with Gasteiger partial charge >= 0.3 is 0 Å². The Bertz CT molecular complexity index is 432. The van der Waals surface area contributed by atoms with Crippen molar-refractivity contribution in [2.45, 2.75) is 32.9 Å². The van der Waals surface area contributed by atoms with Crippen molar-refractivity contribution in [1.82, 2.24) is 20.0 Å². The maximum absolute atomic E-state index is 12.4. The molecule has 1 saturated heterocycles. The molecule has 1 N–H and O–H groups in total. The lowest BCUT2D eigenvalue weighted by atomic mass is 10.1. The fourth-order valence-electron chi connectivity index (χ4n) is 2.31. The molecular formula is C12H21ClN4O. The van der Waals surface area contributed by atoms with E-state index in [1.54, 1.807) is 10.9 Å². The molecular weight excluding hydrogens is 252 g/mol. The molecule has 5 nitrogen and oxygen atoms in total. The van der Waals surface area contributed by atoms with Gasteiger partial charge in [-0.05, 0) is 20.8 Å². The molecule has 0 aliphatic carbocycles. The molecule has 0 spiro atoms. The van der Waals surface area contributed by atoms with Gasteiger partial charge in [0.25, 0.3) is 5.91 Å². The first-order chi connectivity index (χ1) is 8.00. The number of aryl methyl sites for hydroxylation is 2. The highest BCUT2D eigenvalue weighted by molar-refractivity contribution is 5.95. The summed E-state index contributed by atoms with van der Waals surface area (Å²) in [7, 11) is 1.84. The number of carbonyl (C=O) groups is 1. The smallest absolute Gasteiger partial charge is 0.257 e. The quantitative estimate of drug-likeness (QED) is 0.829. The largest absolute Gasteiger partial charge is 0.333 e. The van der Waals surface area contributed by atoms with Crippen LogP contribution in [0.5, 0.6) is 0 Å². The van der Waals surface area contributed by atoms with E-state index in [4.69, 9.17) is 0 Å². The first-order valence-corrected chi connectivity index (χ1v) is 6.05. The summed E-state index contributed by atoms with van der Waals surface area (Å²) in [6, 6.07) is 0.556. The van der Waals surface area contributed by atoms with Gasteiger partial charge in [0.15, 0.2) is 0 Å². The third-order valence-corrected chi connectivity index (χ3v) is 3.54. The van der Waals surface area contributed by atoms with Crippen LogP contribution >= 0.6 is 12.4 Å². The van der Waals surface area contributed by atoms with E-state index in [2.05, 4.69) is 24.3 Å². The first kappa shape index (κ1) is 15.0. The number of hydrogen-bond donors (Lipinski definition) is 1. The second-order valence-corrected chi connectivity index (χ2v) is 4.78. The van der Waals surface area contributed by atoms with Gasteiger partial charge in [0, 0.05) is 38.4 Å². The highest BCUT2D eigenvalue weighted by Crippen LogP contribution is 2.15. The van der Waals surface area contributed by atoms with E-state index in [1.807, 2.05) is 18.9 Å². The molecule has 1 amide bonds. The highest BCUT2D eigenvalue weighted by Gasteiger charge is 2.30. The molecule has 1 aromatic rings. The average Bonchev–Trinajstić information content (AvgIpc) is 2.61. The van der Waals surface area contributed by atoms with Crippen LogP contribution in [0.1, 0.15) is 29.9 Å². The Balaban J connectivity index is 0.00000162. The minimum atomic E-state index is 0. The van der Waals surface area contributed by atoms with Gasteiger partial charge in [-0.1, -0.05) is 0 Å². The zero-order valence-corrected chi connectivity index (χ0v) is 12.1. The molecule has 1 fully saturated rings. The average molecular weight is 273 g/mol. The van der Waals surface area contributed by atoms with Crippen LogP contribution < -0.4 is 5.32 Å². The fraction of sp³-hybridized carbons (Fsp3) is 0.667. The van der Waals surface area contributed by atoms with E-state index in [0.717, 1.165) is 18.8 Å². The Morgan fingerprint density at radius 3 is 2.72 bits per heavy atom. The van der Waals surface area contributed by atoms with Crippen molar-refractivity contribution in [3.8, 4) is 0 Å². The van der Waals surface area contributed by atoms with E-state index >= 15 is 0 Å². The van der Waals surface area contributed by atoms with Crippen molar-refractivity contribution in [3.63, 3.8) is 0 Å². The fourth-order valence-corrected chi connectivity index (χ4v) is 2.31. The van der Waals surface area contributed by atoms with Gasteiger partial charge < -0.3 is 10.2 Å². The molecule has 18 heavy (non-hydrogen) atoms. The van der Waals surface area contributed by atoms with E-state index in [9.17, 15) is 4.79 Å². The molecule has 0 saturated carbocycles. The van der Waals surface area contributed by atoms with Crippen LogP contribution in [0.25, 0.3) is 0 Å². The standard InChI is InChI=1S/C12H20N4O.ClH/c1-8-10(3)16(6-5-13-8)12(17)11-7-15(4)14-9(11)2;/h7-8,10,13H,5-6H2,1-4H3;1H. The van der Waals surface area contributed by atoms with Crippen LogP contribution in [0.4, 0.5) is 0 Å². The van der Waals surface area contributed by atoms with Gasteiger partial charge in [-0.15, -0.1) is 12.4 Å². The Labute approximate surface area is 114 Å². The van der Waals surface area contributed by atoms with Gasteiger partial charge in [-0.2, -0.15) is 5.10 Å². The number of nitrogens with zero attached hydrogens (tertiary/aromatic N) is 3. The third-order valence-electron chi connectivity index (χ3n) is 3.54. The summed E-state index contributed by atoms with van der Waals surface area (Å²) in [6.45, 7) is 7.69. The summed E-state index contributed by atoms with van der Waals surface area (Å²) in [6.07, 6.45) is 1.80. The van der Waals surface area contributed by atoms with Gasteiger partial charge in [0.2, 0.25) is 0 Å². The molecule has 1 aliphatic heterocycles. The monoisotopic (exact) mass is 272 g/mol. The zero-order valence-electron chi connectivity index (χ0n) is 11.3. The lowest BCUT2D eigenvalue weighted by Crippen LogP contribution is -2.57. The summed E-state index contributed by atoms with van der Waals surface area (Å²) >= 11 is 0. The van der Waals surface area contributed by atoms with Crippen LogP contribution in [-0.4, -0.2) is 45.8 Å². The summed E-state index contributed by atoms with van der Waals surface area (Å²) in [5.74, 6) is 0.0939. The second-order valence-electron chi connectivity index (χ2n) is 4.78. The zero-order chi connectivity index (χ0) is 12.6. The van der Waals surface area contributed by atoms with Crippen LogP contribution in [0.15, 0.2) is 6.20 Å². The number of hydrogen-bond acceptors (Lipinski definition) is 3. The van der Waals surface area contributed by atoms with Gasteiger partial charge in [-0.3, -0.25) is 9.48 Å². The van der Waals surface area contributed by atoms with Gasteiger partial charge in [-0.25, -0.2) is 0 Å². The Hall–Kier alpha value is -1.07. The minimum absolute atomic E-state index is 0. The summed E-state index contributed by atoms with van der Waals surface area (Å²) in [4.78, 5) is 14.4. The normalized spacial score (nSPS) is 23.7. The maximum Gasteiger partial charge on any atom is 0.257 e. The first-order valence-electron chi connectivity index (χ1n) is 6.05. The van der Waals surface area contributed by atoms with Crippen molar-refractivity contribution in [2.75, 3.05) is 13.1 Å². The number of nitrogens with one attached hydrogen (secondary N) is 1. The summed E-state index contributed by atoms with van der Waals surface area (Å²) in [5.41, 5.74) is 1.52. The summed E-state index contributed by atoms with van der Waals surface area (Å²) < 4.78 is 1.69. The van der Waals surface area contributed by atoms with E-state index in [0.29, 0.717) is 11.6 Å². The molecule has 0 radical (unpaired) electrons. The molecule has 2 unspecified atom stereocenters. The lowest BCUT2D eigenvalue weighted by molar-refractivity contribution is 0.0602. The molecule has 2 heterocycles. The lowest BCUT2D eigenvalue weighted by Gasteiger charge is -2.38. The number of piperazine rings is 1. The van der Waals surface area contributed by atoms with Crippen molar-refractivity contribution >= 4 is 18.3 Å². The molecule has 102 valence electrons. The minimum Gasteiger partial charge on any atom is -0.333 e. The molecule has 1 aromatic heterocycles. The van der Waals surface area contributed by atoms with Crippen LogP contribution in [-0.2, 0) is 7.05 Å². The van der Waals surface area contributed by atoms with E-state index in [1.165, 1.54) is 0 Å². The predicted octanol–water partition coefficient (Wildman–Crippen LogP) is 0.973. The van der Waals surface area contributed by atoms with Crippen LogP contribution in [0.2, 0.25) is 0 Å². The van der Waals surface area contributed by atoms with Gasteiger partial charge in [0.05, 0.1) is 11.3 Å². The Morgan fingerprint density at radius 2 is 2.17 bits per heavy atom. The van der Waals surface area contributed by atoms with E-state index in [-0.39, 0.29) is 24.4 Å². The van der Waals surface area contributed by atoms with E-state index < -0.39 is 0 Å². The molecule has 6 heteroatoms. The number of carbonyl (C=O) groups excluding carboxylic acids is 1. The molecule has 2 atom stereocenters. The van der Waals surface area contributed by atoms with Gasteiger partial charge in [0.1, 0.15) is 0 Å². The Kier molecular flexibility index (Phi) is 4.76. The molecule has 1 aliphatic rings. The summed E-state index contributed by atoms with van der Waals surface area (Å²) in [5, 5.41) is 7.60. The van der Waals surface area contributed by atoms with Crippen molar-refractivity contribution in [1.29, 1.82) is 0 Å². The second kappa shape index (κ2) is 5.71. The number of halogens is 1. The number of amides is 1. The maximum atomic E-state index is 12.4. The molecule has 0 bridgehead atoms. The van der Waals surface area contributed by atoms with Crippen LogP contribution in [0.3, 0.4) is 0 Å². The van der Waals surface area contributed by atoms with Crippen molar-refractivity contribution in [2.24, 2.45) is 7.05 Å². The number of rotatable bonds is 1. The highest BCUT2D eigenvalue weighted by atomic mass is 35.5. The number of aromatic nitrogens is 2. The SMILES string of the molecule is Cc1nn(C)cc1C(=O)N1CCNC(C)C1C.Cl.